The summed E-state index contributed by atoms with van der Waals surface area (Å²) in [6.45, 7) is 4.00. The number of amides is 1. The Morgan fingerprint density at radius 1 is 0.903 bits per heavy atom. The molecule has 3 aromatic carbocycles. The van der Waals surface area contributed by atoms with Gasteiger partial charge in [-0.3, -0.25) is 9.36 Å². The van der Waals surface area contributed by atoms with E-state index in [1.54, 1.807) is 54.6 Å². The van der Waals surface area contributed by atoms with Crippen LogP contribution in [0.5, 0.6) is 0 Å². The number of nitrogens with one attached hydrogen (secondary N) is 1. The van der Waals surface area contributed by atoms with Crippen molar-refractivity contribution in [3.63, 3.8) is 0 Å². The molecule has 0 spiro atoms. The van der Waals surface area contributed by atoms with Gasteiger partial charge in [0.1, 0.15) is 6.10 Å². The lowest BCUT2D eigenvalue weighted by Gasteiger charge is -2.30. The first kappa shape index (κ1) is 23.0. The summed E-state index contributed by atoms with van der Waals surface area (Å²) in [5, 5.41) is 14.3. The molecule has 31 heavy (non-hydrogen) atoms. The molecule has 3 atom stereocenters. The Balaban J connectivity index is 1.88. The first-order valence-corrected chi connectivity index (χ1v) is 12.0. The van der Waals surface area contributed by atoms with E-state index in [2.05, 4.69) is 5.32 Å². The van der Waals surface area contributed by atoms with Gasteiger partial charge in [0.05, 0.1) is 0 Å². The minimum atomic E-state index is -3.85. The maximum atomic E-state index is 14.2. The number of aliphatic hydroxyl groups is 1. The summed E-state index contributed by atoms with van der Waals surface area (Å²) in [5.74, 6) is -2.01. The number of benzene rings is 3. The van der Waals surface area contributed by atoms with Crippen LogP contribution in [0.25, 0.3) is 0 Å². The van der Waals surface area contributed by atoms with Crippen molar-refractivity contribution in [3.8, 4) is 0 Å². The second-order valence-electron chi connectivity index (χ2n) is 7.69. The van der Waals surface area contributed by atoms with Crippen LogP contribution in [-0.2, 0) is 20.4 Å². The van der Waals surface area contributed by atoms with E-state index in [0.717, 1.165) is 5.56 Å². The molecule has 0 radical (unpaired) electrons. The second kappa shape index (κ2) is 10.5. The van der Waals surface area contributed by atoms with E-state index < -0.39 is 19.3 Å². The molecule has 3 aromatic rings. The molecule has 0 saturated carbocycles. The Morgan fingerprint density at radius 2 is 1.42 bits per heavy atom. The zero-order valence-corrected chi connectivity index (χ0v) is 18.6. The summed E-state index contributed by atoms with van der Waals surface area (Å²) in [6.07, 6.45) is -0.992. The third-order valence-electron chi connectivity index (χ3n) is 4.98. The van der Waals surface area contributed by atoms with Crippen LogP contribution in [0, 0.1) is 5.92 Å². The van der Waals surface area contributed by atoms with Gasteiger partial charge in [0.15, 0.2) is 5.85 Å². The molecule has 3 unspecified atom stereocenters. The van der Waals surface area contributed by atoms with E-state index in [4.69, 9.17) is 4.52 Å². The maximum absolute atomic E-state index is 14.2. The third-order valence-corrected chi connectivity index (χ3v) is 7.48. The Kier molecular flexibility index (Phi) is 7.80. The fraction of sp³-hybridized carbons (Fsp3) is 0.240. The molecule has 0 fully saturated rings. The molecular weight excluding hydrogens is 409 g/mol. The predicted molar refractivity (Wildman–Crippen MR) is 123 cm³/mol. The SMILES string of the molecule is CC(C)C(OP(=O)(c1ccccc1)C(O)c1ccccc1)C(=O)NCc1ccccc1. The van der Waals surface area contributed by atoms with Crippen LogP contribution in [-0.4, -0.2) is 17.1 Å². The molecule has 3 rings (SSSR count). The van der Waals surface area contributed by atoms with Crippen LogP contribution >= 0.6 is 7.37 Å². The molecule has 1 amide bonds. The summed E-state index contributed by atoms with van der Waals surface area (Å²) in [6, 6.07) is 26.9. The summed E-state index contributed by atoms with van der Waals surface area (Å²) >= 11 is 0. The smallest absolute Gasteiger partial charge is 0.264 e. The molecule has 0 bridgehead atoms. The average Bonchev–Trinajstić information content (AvgIpc) is 2.82. The van der Waals surface area contributed by atoms with E-state index in [-0.39, 0.29) is 11.8 Å². The van der Waals surface area contributed by atoms with E-state index in [1.807, 2.05) is 50.2 Å². The zero-order valence-electron chi connectivity index (χ0n) is 17.7. The number of hydrogen-bond donors (Lipinski definition) is 2. The van der Waals surface area contributed by atoms with Crippen molar-refractivity contribution in [1.82, 2.24) is 5.32 Å². The molecule has 162 valence electrons. The third kappa shape index (κ3) is 5.71. The van der Waals surface area contributed by atoms with Gasteiger partial charge in [0.2, 0.25) is 5.91 Å². The Labute approximate surface area is 183 Å². The quantitative estimate of drug-likeness (QED) is 0.478. The van der Waals surface area contributed by atoms with Crippen LogP contribution in [0.1, 0.15) is 30.8 Å². The van der Waals surface area contributed by atoms with Crippen molar-refractivity contribution >= 4 is 18.6 Å². The van der Waals surface area contributed by atoms with Gasteiger partial charge < -0.3 is 14.9 Å². The van der Waals surface area contributed by atoms with E-state index in [1.165, 1.54) is 0 Å². The van der Waals surface area contributed by atoms with Crippen LogP contribution in [0.3, 0.4) is 0 Å². The highest BCUT2D eigenvalue weighted by atomic mass is 31.2. The predicted octanol–water partition coefficient (Wildman–Crippen LogP) is 4.64. The largest absolute Gasteiger partial charge is 0.378 e. The number of carbonyl (C=O) groups is 1. The number of carbonyl (C=O) groups excluding carboxylic acids is 1. The van der Waals surface area contributed by atoms with Crippen LogP contribution in [0.15, 0.2) is 91.0 Å². The van der Waals surface area contributed by atoms with Crippen LogP contribution in [0.4, 0.5) is 0 Å². The molecule has 5 nitrogen and oxygen atoms in total. The molecule has 0 aliphatic carbocycles. The van der Waals surface area contributed by atoms with Gasteiger partial charge in [-0.1, -0.05) is 92.7 Å². The van der Waals surface area contributed by atoms with Crippen LogP contribution in [0.2, 0.25) is 0 Å². The zero-order chi connectivity index (χ0) is 22.3. The summed E-state index contributed by atoms with van der Waals surface area (Å²) in [7, 11) is -3.85. The highest BCUT2D eigenvalue weighted by molar-refractivity contribution is 7.67. The summed E-state index contributed by atoms with van der Waals surface area (Å²) < 4.78 is 20.2. The van der Waals surface area contributed by atoms with E-state index in [9.17, 15) is 14.5 Å². The van der Waals surface area contributed by atoms with Gasteiger partial charge in [-0.05, 0) is 29.2 Å². The van der Waals surface area contributed by atoms with E-state index >= 15 is 0 Å². The van der Waals surface area contributed by atoms with Gasteiger partial charge in [0, 0.05) is 11.8 Å². The number of hydrogen-bond acceptors (Lipinski definition) is 4. The molecular formula is C25H28NO4P. The van der Waals surface area contributed by atoms with Crippen molar-refractivity contribution in [2.75, 3.05) is 0 Å². The van der Waals surface area contributed by atoms with Crippen molar-refractivity contribution in [1.29, 1.82) is 0 Å². The molecule has 0 heterocycles. The van der Waals surface area contributed by atoms with Gasteiger partial charge in [-0.2, -0.15) is 0 Å². The normalized spacial score (nSPS) is 15.1. The monoisotopic (exact) mass is 437 g/mol. The molecule has 2 N–H and O–H groups in total. The Hall–Kier alpha value is -2.72. The lowest BCUT2D eigenvalue weighted by atomic mass is 10.1. The average molecular weight is 437 g/mol. The molecule has 0 aliphatic heterocycles. The fourth-order valence-electron chi connectivity index (χ4n) is 3.24. The number of rotatable bonds is 9. The van der Waals surface area contributed by atoms with Crippen molar-refractivity contribution < 1.29 is 19.0 Å². The first-order chi connectivity index (χ1) is 14.9. The fourth-order valence-corrected chi connectivity index (χ4v) is 5.59. The summed E-state index contributed by atoms with van der Waals surface area (Å²) in [5.41, 5.74) is 1.43. The van der Waals surface area contributed by atoms with Crippen molar-refractivity contribution in [3.05, 3.63) is 102 Å². The van der Waals surface area contributed by atoms with Gasteiger partial charge >= 0.3 is 0 Å². The topological polar surface area (TPSA) is 75.6 Å². The molecule has 0 aliphatic rings. The van der Waals surface area contributed by atoms with Gasteiger partial charge in [-0.25, -0.2) is 0 Å². The lowest BCUT2D eigenvalue weighted by molar-refractivity contribution is -0.130. The van der Waals surface area contributed by atoms with Crippen molar-refractivity contribution in [2.24, 2.45) is 5.92 Å². The van der Waals surface area contributed by atoms with E-state index in [0.29, 0.717) is 17.4 Å². The Morgan fingerprint density at radius 3 is 1.97 bits per heavy atom. The standard InChI is InChI=1S/C25H28NO4P/c1-19(2)23(24(27)26-18-20-12-6-3-7-13-20)30-31(29,22-16-10-5-11-17-22)25(28)21-14-8-4-9-15-21/h3-17,19,23,25,28H,18H2,1-2H3,(H,26,27). The van der Waals surface area contributed by atoms with Crippen LogP contribution < -0.4 is 10.6 Å². The molecule has 0 saturated heterocycles. The molecule has 6 heteroatoms. The molecule has 0 aromatic heterocycles. The Bertz CT molecular complexity index is 1010. The minimum absolute atomic E-state index is 0.254. The highest BCUT2D eigenvalue weighted by Gasteiger charge is 2.41. The maximum Gasteiger partial charge on any atom is 0.264 e. The minimum Gasteiger partial charge on any atom is -0.378 e. The highest BCUT2D eigenvalue weighted by Crippen LogP contribution is 2.58. The van der Waals surface area contributed by atoms with Gasteiger partial charge in [-0.15, -0.1) is 0 Å². The van der Waals surface area contributed by atoms with Gasteiger partial charge in [0.25, 0.3) is 7.37 Å². The lowest BCUT2D eigenvalue weighted by Crippen LogP contribution is -2.40. The van der Waals surface area contributed by atoms with Crippen molar-refractivity contribution in [2.45, 2.75) is 32.3 Å². The second-order valence-corrected chi connectivity index (χ2v) is 10.1. The number of aliphatic hydroxyl groups excluding tert-OH is 1. The summed E-state index contributed by atoms with van der Waals surface area (Å²) in [4.78, 5) is 13.0. The first-order valence-electron chi connectivity index (χ1n) is 10.3.